The third-order valence-corrected chi connectivity index (χ3v) is 3.72. The molecule has 0 fully saturated rings. The van der Waals surface area contributed by atoms with Crippen LogP contribution in [0.2, 0.25) is 0 Å². The van der Waals surface area contributed by atoms with Gasteiger partial charge in [-0.1, -0.05) is 56.4 Å². The van der Waals surface area contributed by atoms with Gasteiger partial charge in [-0.05, 0) is 5.56 Å². The lowest BCUT2D eigenvalue weighted by Crippen LogP contribution is -2.41. The van der Waals surface area contributed by atoms with E-state index in [-0.39, 0.29) is 34.7 Å². The Morgan fingerprint density at radius 2 is 1.92 bits per heavy atom. The molecule has 24 heavy (non-hydrogen) atoms. The third-order valence-electron chi connectivity index (χ3n) is 3.41. The smallest absolute Gasteiger partial charge is 0.330 e. The van der Waals surface area contributed by atoms with Crippen LogP contribution < -0.4 is 22.3 Å². The highest BCUT2D eigenvalue weighted by Gasteiger charge is 2.19. The van der Waals surface area contributed by atoms with Gasteiger partial charge >= 0.3 is 5.69 Å². The molecule has 0 bridgehead atoms. The molecule has 2 aromatic rings. The average molecular weight is 346 g/mol. The van der Waals surface area contributed by atoms with E-state index in [4.69, 9.17) is 18.0 Å². The minimum Gasteiger partial charge on any atom is -0.384 e. The molecule has 1 aromatic carbocycles. The first-order chi connectivity index (χ1) is 11.3. The number of rotatable bonds is 4. The molecular formula is C16H18N4O3S. The Labute approximate surface area is 143 Å². The van der Waals surface area contributed by atoms with Crippen LogP contribution in [0, 0.1) is 5.92 Å². The highest BCUT2D eigenvalue weighted by Crippen LogP contribution is 2.09. The lowest BCUT2D eigenvalue weighted by atomic mass is 10.2. The number of nitrogens with two attached hydrogens (primary N) is 1. The highest BCUT2D eigenvalue weighted by atomic mass is 32.1. The molecule has 0 unspecified atom stereocenters. The van der Waals surface area contributed by atoms with Crippen molar-refractivity contribution in [2.24, 2.45) is 5.92 Å². The van der Waals surface area contributed by atoms with Gasteiger partial charge in [0, 0.05) is 5.92 Å². The number of nitrogens with zero attached hydrogens (tertiary/aromatic N) is 1. The van der Waals surface area contributed by atoms with Crippen LogP contribution in [0.4, 0.5) is 5.82 Å². The minimum absolute atomic E-state index is 0.0818. The molecule has 0 aliphatic rings. The van der Waals surface area contributed by atoms with Crippen LogP contribution in [-0.2, 0) is 11.3 Å². The molecule has 0 saturated heterocycles. The van der Waals surface area contributed by atoms with Crippen molar-refractivity contribution in [2.75, 3.05) is 5.73 Å². The van der Waals surface area contributed by atoms with E-state index in [0.29, 0.717) is 0 Å². The summed E-state index contributed by atoms with van der Waals surface area (Å²) in [5.74, 6) is -0.722. The average Bonchev–Trinajstić information content (AvgIpc) is 2.52. The van der Waals surface area contributed by atoms with Gasteiger partial charge in [0.25, 0.3) is 5.56 Å². The summed E-state index contributed by atoms with van der Waals surface area (Å²) in [6.45, 7) is 3.57. The molecule has 1 amide bonds. The van der Waals surface area contributed by atoms with E-state index in [2.05, 4.69) is 10.3 Å². The topological polar surface area (TPSA) is 110 Å². The van der Waals surface area contributed by atoms with E-state index < -0.39 is 11.2 Å². The molecule has 4 N–H and O–H groups in total. The zero-order valence-electron chi connectivity index (χ0n) is 13.3. The summed E-state index contributed by atoms with van der Waals surface area (Å²) >= 11 is 5.11. The van der Waals surface area contributed by atoms with Crippen molar-refractivity contribution in [1.82, 2.24) is 14.9 Å². The number of anilines is 1. The van der Waals surface area contributed by atoms with E-state index in [1.54, 1.807) is 13.8 Å². The van der Waals surface area contributed by atoms with Gasteiger partial charge in [0.15, 0.2) is 0 Å². The molecule has 0 aliphatic heterocycles. The molecular weight excluding hydrogens is 328 g/mol. The molecule has 0 atom stereocenters. The van der Waals surface area contributed by atoms with Gasteiger partial charge < -0.3 is 11.1 Å². The highest BCUT2D eigenvalue weighted by molar-refractivity contribution is 7.80. The summed E-state index contributed by atoms with van der Waals surface area (Å²) in [4.78, 5) is 38.0. The molecule has 0 spiro atoms. The van der Waals surface area contributed by atoms with E-state index in [0.717, 1.165) is 5.56 Å². The van der Waals surface area contributed by atoms with E-state index >= 15 is 0 Å². The minimum atomic E-state index is -0.726. The van der Waals surface area contributed by atoms with Crippen molar-refractivity contribution in [2.45, 2.75) is 20.4 Å². The maximum absolute atomic E-state index is 12.1. The number of aromatic nitrogens is 2. The standard InChI is InChI=1S/C16H18N4O3S/c1-9(2)13(21)18-15(24)11-12(17)20(16(23)19-14(11)22)8-10-6-4-3-5-7-10/h3-7,9H,8,17H2,1-2H3,(H,18,21,24)(H,19,22,23). The Kier molecular flexibility index (Phi) is 5.30. The number of carbonyl (C=O) groups excluding carboxylic acids is 1. The molecule has 1 heterocycles. The quantitative estimate of drug-likeness (QED) is 0.703. The second-order valence-corrected chi connectivity index (χ2v) is 5.97. The summed E-state index contributed by atoms with van der Waals surface area (Å²) in [7, 11) is 0. The number of nitrogens with one attached hydrogen (secondary N) is 2. The first kappa shape index (κ1) is 17.6. The molecule has 0 saturated carbocycles. The van der Waals surface area contributed by atoms with Gasteiger partial charge in [-0.25, -0.2) is 4.79 Å². The van der Waals surface area contributed by atoms with Crippen LogP contribution in [0.25, 0.3) is 0 Å². The number of hydrogen-bond acceptors (Lipinski definition) is 5. The van der Waals surface area contributed by atoms with Crippen LogP contribution >= 0.6 is 12.2 Å². The molecule has 1 aromatic heterocycles. The van der Waals surface area contributed by atoms with Gasteiger partial charge in [0.1, 0.15) is 16.4 Å². The predicted octanol–water partition coefficient (Wildman–Crippen LogP) is 0.615. The summed E-state index contributed by atoms with van der Waals surface area (Å²) in [6.07, 6.45) is 0. The maximum atomic E-state index is 12.1. The van der Waals surface area contributed by atoms with Crippen molar-refractivity contribution in [3.05, 3.63) is 62.3 Å². The fraction of sp³-hybridized carbons (Fsp3) is 0.250. The van der Waals surface area contributed by atoms with Crippen molar-refractivity contribution < 1.29 is 4.79 Å². The Balaban J connectivity index is 2.45. The lowest BCUT2D eigenvalue weighted by molar-refractivity contribution is -0.122. The fourth-order valence-electron chi connectivity index (χ4n) is 2.05. The molecule has 0 radical (unpaired) electrons. The first-order valence-electron chi connectivity index (χ1n) is 7.33. The second kappa shape index (κ2) is 7.22. The Morgan fingerprint density at radius 3 is 2.50 bits per heavy atom. The first-order valence-corrected chi connectivity index (χ1v) is 7.73. The van der Waals surface area contributed by atoms with Gasteiger partial charge in [0.05, 0.1) is 6.54 Å². The van der Waals surface area contributed by atoms with E-state index in [1.807, 2.05) is 30.3 Å². The largest absolute Gasteiger partial charge is 0.384 e. The zero-order chi connectivity index (χ0) is 17.9. The fourth-order valence-corrected chi connectivity index (χ4v) is 2.35. The molecule has 2 rings (SSSR count). The number of thiocarbonyl (C=S) groups is 1. The maximum Gasteiger partial charge on any atom is 0.330 e. The van der Waals surface area contributed by atoms with Crippen molar-refractivity contribution in [3.8, 4) is 0 Å². The number of nitrogen functional groups attached to an aromatic ring is 1. The summed E-state index contributed by atoms with van der Waals surface area (Å²) < 4.78 is 1.21. The predicted molar refractivity (Wildman–Crippen MR) is 96.0 cm³/mol. The van der Waals surface area contributed by atoms with Crippen molar-refractivity contribution in [1.29, 1.82) is 0 Å². The number of hydrogen-bond donors (Lipinski definition) is 3. The molecule has 126 valence electrons. The molecule has 8 heteroatoms. The third kappa shape index (κ3) is 3.77. The van der Waals surface area contributed by atoms with Crippen molar-refractivity contribution in [3.63, 3.8) is 0 Å². The van der Waals surface area contributed by atoms with Gasteiger partial charge in [-0.2, -0.15) is 0 Å². The van der Waals surface area contributed by atoms with Crippen LogP contribution in [-0.4, -0.2) is 20.4 Å². The second-order valence-electron chi connectivity index (χ2n) is 5.56. The van der Waals surface area contributed by atoms with Gasteiger partial charge in [0.2, 0.25) is 5.91 Å². The normalized spacial score (nSPS) is 10.6. The number of H-pyrrole nitrogens is 1. The van der Waals surface area contributed by atoms with Crippen LogP contribution in [0.15, 0.2) is 39.9 Å². The molecule has 0 aliphatic carbocycles. The number of benzene rings is 1. The van der Waals surface area contributed by atoms with E-state index in [9.17, 15) is 14.4 Å². The summed E-state index contributed by atoms with van der Waals surface area (Å²) in [6, 6.07) is 9.17. The number of aromatic amines is 1. The zero-order valence-corrected chi connectivity index (χ0v) is 14.1. The number of carbonyl (C=O) groups is 1. The number of amides is 1. The summed E-state index contributed by atoms with van der Waals surface area (Å²) in [5, 5.41) is 2.46. The Bertz CT molecular complexity index is 884. The lowest BCUT2D eigenvalue weighted by Gasteiger charge is -2.14. The monoisotopic (exact) mass is 346 g/mol. The van der Waals surface area contributed by atoms with Gasteiger partial charge in [-0.15, -0.1) is 0 Å². The molecule has 7 nitrogen and oxygen atoms in total. The van der Waals surface area contributed by atoms with Crippen LogP contribution in [0.5, 0.6) is 0 Å². The van der Waals surface area contributed by atoms with E-state index in [1.165, 1.54) is 4.57 Å². The van der Waals surface area contributed by atoms with Crippen LogP contribution in [0.3, 0.4) is 0 Å². The van der Waals surface area contributed by atoms with Gasteiger partial charge in [-0.3, -0.25) is 19.1 Å². The Hall–Kier alpha value is -2.74. The Morgan fingerprint density at radius 1 is 1.29 bits per heavy atom. The SMILES string of the molecule is CC(C)C(=O)NC(=S)c1c(N)n(Cc2ccccc2)c(=O)[nH]c1=O. The van der Waals surface area contributed by atoms with Crippen LogP contribution in [0.1, 0.15) is 25.0 Å². The van der Waals surface area contributed by atoms with Crippen molar-refractivity contribution >= 4 is 28.9 Å². The summed E-state index contributed by atoms with van der Waals surface area (Å²) in [5.41, 5.74) is 5.37.